The molecule has 0 fully saturated rings. The normalized spacial score (nSPS) is 18.8. The van der Waals surface area contributed by atoms with Crippen LogP contribution in [0.3, 0.4) is 0 Å². The number of rotatable bonds is 2. The van der Waals surface area contributed by atoms with Crippen LogP contribution in [0.4, 0.5) is 5.82 Å². The number of thiophene rings is 1. The molecule has 94 valence electrons. The fraction of sp³-hybridized carbons (Fsp3) is 0.385. The molecule has 1 atom stereocenters. The van der Waals surface area contributed by atoms with Gasteiger partial charge in [0.1, 0.15) is 5.82 Å². The lowest BCUT2D eigenvalue weighted by Crippen LogP contribution is -2.33. The van der Waals surface area contributed by atoms with Crippen molar-refractivity contribution in [3.05, 3.63) is 40.0 Å². The predicted molar refractivity (Wildman–Crippen MR) is 75.4 cm³/mol. The Kier molecular flexibility index (Phi) is 3.22. The third kappa shape index (κ3) is 1.99. The van der Waals surface area contributed by atoms with E-state index in [0.29, 0.717) is 11.9 Å². The van der Waals surface area contributed by atoms with E-state index in [-0.39, 0.29) is 0 Å². The topological polar surface area (TPSA) is 29.0 Å². The molecule has 0 radical (unpaired) electrons. The van der Waals surface area contributed by atoms with Crippen molar-refractivity contribution in [2.45, 2.75) is 25.3 Å². The van der Waals surface area contributed by atoms with Crippen LogP contribution in [0, 0.1) is 0 Å². The van der Waals surface area contributed by atoms with E-state index in [2.05, 4.69) is 33.2 Å². The standard InChI is InChI=1S/C13H14ClN3S/c1-9-11-3-5-18-12(11)2-4-17(9)13-8-15-7-10(6-14)16-13/h3,5,7-9H,2,4,6H2,1H3. The molecule has 1 aliphatic heterocycles. The molecule has 0 bridgehead atoms. The van der Waals surface area contributed by atoms with Crippen molar-refractivity contribution in [1.29, 1.82) is 0 Å². The van der Waals surface area contributed by atoms with Crippen molar-refractivity contribution in [1.82, 2.24) is 9.97 Å². The Morgan fingerprint density at radius 2 is 2.39 bits per heavy atom. The van der Waals surface area contributed by atoms with Crippen molar-refractivity contribution in [2.24, 2.45) is 0 Å². The first kappa shape index (κ1) is 11.9. The SMILES string of the molecule is CC1c2ccsc2CCN1c1cncc(CCl)n1. The van der Waals surface area contributed by atoms with E-state index in [1.165, 1.54) is 10.4 Å². The highest BCUT2D eigenvalue weighted by Gasteiger charge is 2.25. The number of aromatic nitrogens is 2. The van der Waals surface area contributed by atoms with Gasteiger partial charge < -0.3 is 4.90 Å². The van der Waals surface area contributed by atoms with Crippen molar-refractivity contribution < 1.29 is 0 Å². The molecular weight excluding hydrogens is 266 g/mol. The smallest absolute Gasteiger partial charge is 0.147 e. The lowest BCUT2D eigenvalue weighted by atomic mass is 10.0. The first-order valence-electron chi connectivity index (χ1n) is 5.99. The van der Waals surface area contributed by atoms with Crippen LogP contribution in [-0.2, 0) is 12.3 Å². The molecular formula is C13H14ClN3S. The van der Waals surface area contributed by atoms with Crippen LogP contribution in [0.5, 0.6) is 0 Å². The van der Waals surface area contributed by atoms with Gasteiger partial charge in [-0.05, 0) is 30.4 Å². The van der Waals surface area contributed by atoms with Gasteiger partial charge in [0.15, 0.2) is 0 Å². The molecule has 0 aliphatic carbocycles. The van der Waals surface area contributed by atoms with E-state index in [4.69, 9.17) is 11.6 Å². The van der Waals surface area contributed by atoms with Gasteiger partial charge >= 0.3 is 0 Å². The largest absolute Gasteiger partial charge is 0.348 e. The zero-order valence-corrected chi connectivity index (χ0v) is 11.7. The summed E-state index contributed by atoms with van der Waals surface area (Å²) in [4.78, 5) is 12.6. The summed E-state index contributed by atoms with van der Waals surface area (Å²) in [7, 11) is 0. The third-order valence-electron chi connectivity index (χ3n) is 3.38. The van der Waals surface area contributed by atoms with E-state index in [1.54, 1.807) is 6.20 Å². The van der Waals surface area contributed by atoms with E-state index in [9.17, 15) is 0 Å². The van der Waals surface area contributed by atoms with Gasteiger partial charge in [0.2, 0.25) is 0 Å². The summed E-state index contributed by atoms with van der Waals surface area (Å²) in [6, 6.07) is 2.58. The molecule has 3 nitrogen and oxygen atoms in total. The Hall–Kier alpha value is -1.13. The molecule has 3 rings (SSSR count). The second-order valence-corrected chi connectivity index (χ2v) is 5.69. The summed E-state index contributed by atoms with van der Waals surface area (Å²) >= 11 is 7.67. The number of alkyl halides is 1. The highest BCUT2D eigenvalue weighted by Crippen LogP contribution is 2.34. The van der Waals surface area contributed by atoms with E-state index in [1.807, 2.05) is 17.5 Å². The molecule has 0 saturated carbocycles. The molecule has 0 amide bonds. The van der Waals surface area contributed by atoms with Crippen LogP contribution in [0.1, 0.15) is 29.1 Å². The number of hydrogen-bond acceptors (Lipinski definition) is 4. The zero-order chi connectivity index (χ0) is 12.5. The fourth-order valence-electron chi connectivity index (χ4n) is 2.42. The van der Waals surface area contributed by atoms with Gasteiger partial charge in [-0.2, -0.15) is 0 Å². The maximum absolute atomic E-state index is 5.82. The monoisotopic (exact) mass is 279 g/mol. The molecule has 0 N–H and O–H groups in total. The fourth-order valence-corrected chi connectivity index (χ4v) is 3.51. The Morgan fingerprint density at radius 1 is 1.50 bits per heavy atom. The molecule has 0 aromatic carbocycles. The Bertz CT molecular complexity index is 555. The molecule has 3 heterocycles. The molecule has 0 spiro atoms. The number of nitrogens with zero attached hydrogens (tertiary/aromatic N) is 3. The summed E-state index contributed by atoms with van der Waals surface area (Å²) in [5, 5.41) is 2.17. The average Bonchev–Trinajstić information content (AvgIpc) is 2.88. The van der Waals surface area contributed by atoms with E-state index >= 15 is 0 Å². The van der Waals surface area contributed by atoms with Gasteiger partial charge in [0.25, 0.3) is 0 Å². The van der Waals surface area contributed by atoms with Crippen molar-refractivity contribution in [3.63, 3.8) is 0 Å². The number of anilines is 1. The van der Waals surface area contributed by atoms with Crippen LogP contribution < -0.4 is 4.90 Å². The summed E-state index contributed by atoms with van der Waals surface area (Å²) in [6.45, 7) is 3.22. The molecule has 2 aromatic rings. The van der Waals surface area contributed by atoms with Crippen LogP contribution in [0.15, 0.2) is 23.8 Å². The highest BCUT2D eigenvalue weighted by atomic mass is 35.5. The molecule has 2 aromatic heterocycles. The lowest BCUT2D eigenvalue weighted by molar-refractivity contribution is 0.622. The predicted octanol–water partition coefficient (Wildman–Crippen LogP) is 3.40. The number of fused-ring (bicyclic) bond motifs is 1. The molecule has 18 heavy (non-hydrogen) atoms. The van der Waals surface area contributed by atoms with Gasteiger partial charge in [-0.1, -0.05) is 0 Å². The van der Waals surface area contributed by atoms with Crippen molar-refractivity contribution in [3.8, 4) is 0 Å². The summed E-state index contributed by atoms with van der Waals surface area (Å²) in [5.74, 6) is 1.34. The summed E-state index contributed by atoms with van der Waals surface area (Å²) in [5.41, 5.74) is 2.25. The minimum absolute atomic E-state index is 0.361. The van der Waals surface area contributed by atoms with Crippen molar-refractivity contribution in [2.75, 3.05) is 11.4 Å². The zero-order valence-electron chi connectivity index (χ0n) is 10.1. The van der Waals surface area contributed by atoms with Gasteiger partial charge in [-0.25, -0.2) is 4.98 Å². The minimum Gasteiger partial charge on any atom is -0.348 e. The quantitative estimate of drug-likeness (QED) is 0.789. The Morgan fingerprint density at radius 3 is 3.22 bits per heavy atom. The highest BCUT2D eigenvalue weighted by molar-refractivity contribution is 7.10. The number of hydrogen-bond donors (Lipinski definition) is 0. The molecule has 0 saturated heterocycles. The second-order valence-electron chi connectivity index (χ2n) is 4.42. The lowest BCUT2D eigenvalue weighted by Gasteiger charge is -2.34. The van der Waals surface area contributed by atoms with Crippen LogP contribution in [0.25, 0.3) is 0 Å². The van der Waals surface area contributed by atoms with Crippen molar-refractivity contribution >= 4 is 28.8 Å². The van der Waals surface area contributed by atoms with Crippen LogP contribution in [0.2, 0.25) is 0 Å². The van der Waals surface area contributed by atoms with Gasteiger partial charge in [-0.15, -0.1) is 22.9 Å². The second kappa shape index (κ2) is 4.86. The van der Waals surface area contributed by atoms with Gasteiger partial charge in [0, 0.05) is 17.6 Å². The first-order valence-corrected chi connectivity index (χ1v) is 7.41. The van der Waals surface area contributed by atoms with Crippen LogP contribution >= 0.6 is 22.9 Å². The molecule has 5 heteroatoms. The van der Waals surface area contributed by atoms with Gasteiger partial charge in [-0.3, -0.25) is 4.98 Å². The first-order chi connectivity index (χ1) is 8.79. The number of halogens is 1. The van der Waals surface area contributed by atoms with Gasteiger partial charge in [0.05, 0.1) is 23.8 Å². The maximum atomic E-state index is 5.82. The molecule has 1 aliphatic rings. The third-order valence-corrected chi connectivity index (χ3v) is 4.65. The minimum atomic E-state index is 0.361. The Labute approximate surface area is 115 Å². The summed E-state index contributed by atoms with van der Waals surface area (Å²) in [6.07, 6.45) is 4.63. The van der Waals surface area contributed by atoms with E-state index in [0.717, 1.165) is 24.5 Å². The van der Waals surface area contributed by atoms with Crippen LogP contribution in [-0.4, -0.2) is 16.5 Å². The average molecular weight is 280 g/mol. The summed E-state index contributed by atoms with van der Waals surface area (Å²) < 4.78 is 0. The maximum Gasteiger partial charge on any atom is 0.147 e. The Balaban J connectivity index is 1.94. The van der Waals surface area contributed by atoms with E-state index < -0.39 is 0 Å². The molecule has 1 unspecified atom stereocenters.